The number of aliphatic hydroxyl groups excluding tert-OH is 1. The highest BCUT2D eigenvalue weighted by Gasteiger charge is 2.26. The maximum atomic E-state index is 12.2. The summed E-state index contributed by atoms with van der Waals surface area (Å²) in [5, 5.41) is 13.6. The number of ether oxygens (including phenoxy) is 1. The van der Waals surface area contributed by atoms with Crippen LogP contribution in [0.5, 0.6) is 0 Å². The summed E-state index contributed by atoms with van der Waals surface area (Å²) in [4.78, 5) is 14.4. The molecule has 28 heavy (non-hydrogen) atoms. The van der Waals surface area contributed by atoms with Crippen LogP contribution < -0.4 is 5.32 Å². The molecule has 5 heteroatoms. The van der Waals surface area contributed by atoms with E-state index in [1.165, 1.54) is 32.1 Å². The molecule has 2 aliphatic rings. The van der Waals surface area contributed by atoms with Gasteiger partial charge in [-0.2, -0.15) is 0 Å². The van der Waals surface area contributed by atoms with Gasteiger partial charge in [0.05, 0.1) is 18.8 Å². The van der Waals surface area contributed by atoms with Crippen LogP contribution in [0.2, 0.25) is 0 Å². The van der Waals surface area contributed by atoms with Crippen molar-refractivity contribution in [3.05, 3.63) is 35.9 Å². The van der Waals surface area contributed by atoms with Crippen LogP contribution in [0.4, 0.5) is 0 Å². The summed E-state index contributed by atoms with van der Waals surface area (Å²) in [7, 11) is 0. The molecule has 1 atom stereocenters. The Morgan fingerprint density at radius 1 is 1.11 bits per heavy atom. The van der Waals surface area contributed by atoms with E-state index in [1.54, 1.807) is 0 Å². The first-order chi connectivity index (χ1) is 13.7. The van der Waals surface area contributed by atoms with Gasteiger partial charge in [0.1, 0.15) is 0 Å². The van der Waals surface area contributed by atoms with Gasteiger partial charge in [0.25, 0.3) is 0 Å². The number of carbonyl (C=O) groups is 1. The Bertz CT molecular complexity index is 566. The van der Waals surface area contributed by atoms with E-state index in [0.29, 0.717) is 19.2 Å². The zero-order valence-electron chi connectivity index (χ0n) is 17.0. The van der Waals surface area contributed by atoms with Crippen LogP contribution in [0, 0.1) is 5.92 Å². The standard InChI is InChI=1S/C23H36N2O3/c26-22(24-14-7-17-28-21-10-5-2-6-11-21)18-25-15-12-20(13-16-25)23(27)19-8-3-1-4-9-19/h1,3-4,8-9,20-21,23,27H,2,5-7,10-18H2,(H,24,26). The second-order valence-electron chi connectivity index (χ2n) is 8.30. The number of nitrogens with one attached hydrogen (secondary N) is 1. The lowest BCUT2D eigenvalue weighted by atomic mass is 9.87. The molecule has 1 amide bonds. The molecule has 2 fully saturated rings. The quantitative estimate of drug-likeness (QED) is 0.637. The van der Waals surface area contributed by atoms with Crippen molar-refractivity contribution in [3.8, 4) is 0 Å². The lowest BCUT2D eigenvalue weighted by Crippen LogP contribution is -2.42. The monoisotopic (exact) mass is 388 g/mol. The Kier molecular flexibility index (Phi) is 8.77. The normalized spacial score (nSPS) is 20.8. The van der Waals surface area contributed by atoms with E-state index in [4.69, 9.17) is 4.74 Å². The molecule has 0 bridgehead atoms. The zero-order valence-corrected chi connectivity index (χ0v) is 17.0. The van der Waals surface area contributed by atoms with Gasteiger partial charge in [0.15, 0.2) is 0 Å². The van der Waals surface area contributed by atoms with Gasteiger partial charge in [-0.3, -0.25) is 9.69 Å². The van der Waals surface area contributed by atoms with Crippen molar-refractivity contribution in [3.63, 3.8) is 0 Å². The predicted molar refractivity (Wildman–Crippen MR) is 111 cm³/mol. The van der Waals surface area contributed by atoms with Crippen molar-refractivity contribution < 1.29 is 14.6 Å². The molecule has 1 aliphatic heterocycles. The minimum absolute atomic E-state index is 0.0970. The van der Waals surface area contributed by atoms with Gasteiger partial charge in [-0.05, 0) is 56.7 Å². The molecule has 1 aromatic rings. The minimum atomic E-state index is -0.402. The summed E-state index contributed by atoms with van der Waals surface area (Å²) in [6.45, 7) is 3.62. The van der Waals surface area contributed by atoms with Gasteiger partial charge >= 0.3 is 0 Å². The molecule has 1 saturated carbocycles. The van der Waals surface area contributed by atoms with Crippen LogP contribution >= 0.6 is 0 Å². The van der Waals surface area contributed by atoms with Crippen LogP contribution in [0.25, 0.3) is 0 Å². The van der Waals surface area contributed by atoms with Crippen molar-refractivity contribution in [1.82, 2.24) is 10.2 Å². The number of rotatable bonds is 9. The Hall–Kier alpha value is -1.43. The number of nitrogens with zero attached hydrogens (tertiary/aromatic N) is 1. The second-order valence-corrected chi connectivity index (χ2v) is 8.30. The number of carbonyl (C=O) groups excluding carboxylic acids is 1. The smallest absolute Gasteiger partial charge is 0.234 e. The largest absolute Gasteiger partial charge is 0.388 e. The number of amides is 1. The second kappa shape index (κ2) is 11.5. The molecule has 5 nitrogen and oxygen atoms in total. The molecule has 3 rings (SSSR count). The van der Waals surface area contributed by atoms with Gasteiger partial charge < -0.3 is 15.2 Å². The zero-order chi connectivity index (χ0) is 19.6. The molecule has 0 aromatic heterocycles. The van der Waals surface area contributed by atoms with E-state index in [1.807, 2.05) is 30.3 Å². The van der Waals surface area contributed by atoms with E-state index >= 15 is 0 Å². The van der Waals surface area contributed by atoms with Crippen molar-refractivity contribution >= 4 is 5.91 Å². The molecule has 1 aromatic carbocycles. The molecule has 0 spiro atoms. The minimum Gasteiger partial charge on any atom is -0.388 e. The summed E-state index contributed by atoms with van der Waals surface area (Å²) in [5.74, 6) is 0.373. The molecule has 1 saturated heterocycles. The van der Waals surface area contributed by atoms with Crippen LogP contribution in [0.1, 0.15) is 63.0 Å². The highest BCUT2D eigenvalue weighted by molar-refractivity contribution is 5.77. The summed E-state index contributed by atoms with van der Waals surface area (Å²) in [6.07, 6.45) is 9.10. The van der Waals surface area contributed by atoms with Crippen molar-refractivity contribution in [2.24, 2.45) is 5.92 Å². The summed E-state index contributed by atoms with van der Waals surface area (Å²) in [6, 6.07) is 9.89. The Morgan fingerprint density at radius 3 is 2.54 bits per heavy atom. The summed E-state index contributed by atoms with van der Waals surface area (Å²) < 4.78 is 5.90. The lowest BCUT2D eigenvalue weighted by Gasteiger charge is -2.34. The molecular weight excluding hydrogens is 352 g/mol. The van der Waals surface area contributed by atoms with Crippen molar-refractivity contribution in [2.45, 2.75) is 63.6 Å². The number of hydrogen-bond acceptors (Lipinski definition) is 4. The first-order valence-corrected chi connectivity index (χ1v) is 11.1. The average Bonchev–Trinajstić information content (AvgIpc) is 2.75. The highest BCUT2D eigenvalue weighted by Crippen LogP contribution is 2.30. The number of hydrogen-bond donors (Lipinski definition) is 2. The summed E-state index contributed by atoms with van der Waals surface area (Å²) in [5.41, 5.74) is 0.995. The van der Waals surface area contributed by atoms with Gasteiger partial charge in [-0.15, -0.1) is 0 Å². The van der Waals surface area contributed by atoms with Crippen LogP contribution in [-0.4, -0.2) is 54.8 Å². The van der Waals surface area contributed by atoms with E-state index in [0.717, 1.165) is 44.5 Å². The van der Waals surface area contributed by atoms with Gasteiger partial charge in [0, 0.05) is 13.2 Å². The number of likely N-dealkylation sites (tertiary alicyclic amines) is 1. The topological polar surface area (TPSA) is 61.8 Å². The van der Waals surface area contributed by atoms with E-state index in [-0.39, 0.29) is 11.8 Å². The molecule has 1 heterocycles. The Labute approximate surface area is 169 Å². The van der Waals surface area contributed by atoms with Gasteiger partial charge in [-0.1, -0.05) is 49.6 Å². The fourth-order valence-electron chi connectivity index (χ4n) is 4.39. The molecule has 1 aliphatic carbocycles. The third kappa shape index (κ3) is 6.87. The first kappa shape index (κ1) is 21.3. The number of piperidine rings is 1. The molecule has 156 valence electrons. The van der Waals surface area contributed by atoms with Crippen molar-refractivity contribution in [2.75, 3.05) is 32.8 Å². The maximum Gasteiger partial charge on any atom is 0.234 e. The summed E-state index contributed by atoms with van der Waals surface area (Å²) >= 11 is 0. The lowest BCUT2D eigenvalue weighted by molar-refractivity contribution is -0.122. The fourth-order valence-corrected chi connectivity index (χ4v) is 4.39. The van der Waals surface area contributed by atoms with Gasteiger partial charge in [-0.25, -0.2) is 0 Å². The van der Waals surface area contributed by atoms with Crippen LogP contribution in [-0.2, 0) is 9.53 Å². The molecular formula is C23H36N2O3. The molecule has 2 N–H and O–H groups in total. The first-order valence-electron chi connectivity index (χ1n) is 11.1. The van der Waals surface area contributed by atoms with E-state index in [2.05, 4.69) is 10.2 Å². The third-order valence-electron chi connectivity index (χ3n) is 6.14. The Morgan fingerprint density at radius 2 is 1.82 bits per heavy atom. The van der Waals surface area contributed by atoms with Crippen molar-refractivity contribution in [1.29, 1.82) is 0 Å². The SMILES string of the molecule is O=C(CN1CCC(C(O)c2ccccc2)CC1)NCCCOC1CCCCC1. The fraction of sp³-hybridized carbons (Fsp3) is 0.696. The Balaban J connectivity index is 1.25. The molecule has 0 radical (unpaired) electrons. The predicted octanol–water partition coefficient (Wildman–Crippen LogP) is 3.29. The highest BCUT2D eigenvalue weighted by atomic mass is 16.5. The van der Waals surface area contributed by atoms with E-state index in [9.17, 15) is 9.90 Å². The van der Waals surface area contributed by atoms with Gasteiger partial charge in [0.2, 0.25) is 5.91 Å². The average molecular weight is 389 g/mol. The number of benzene rings is 1. The van der Waals surface area contributed by atoms with E-state index < -0.39 is 6.10 Å². The number of aliphatic hydroxyl groups is 1. The molecule has 1 unspecified atom stereocenters. The van der Waals surface area contributed by atoms with Crippen LogP contribution in [0.15, 0.2) is 30.3 Å². The maximum absolute atomic E-state index is 12.2. The third-order valence-corrected chi connectivity index (χ3v) is 6.14. The van der Waals surface area contributed by atoms with Crippen LogP contribution in [0.3, 0.4) is 0 Å².